The fraction of sp³-hybridized carbons (Fsp3) is 0.706. The largest absolute Gasteiger partial charge is 0.310 e. The van der Waals surface area contributed by atoms with Crippen LogP contribution in [0.15, 0.2) is 18.5 Å². The molecule has 2 rings (SSSR count). The number of nitrogens with one attached hydrogen (secondary N) is 1. The first-order chi connectivity index (χ1) is 9.63. The Kier molecular flexibility index (Phi) is 5.53. The molecule has 1 aliphatic carbocycles. The number of halogens is 1. The maximum atomic E-state index is 14.1. The lowest BCUT2D eigenvalue weighted by Gasteiger charge is -2.37. The van der Waals surface area contributed by atoms with E-state index >= 15 is 0 Å². The van der Waals surface area contributed by atoms with Crippen molar-refractivity contribution in [3.63, 3.8) is 0 Å². The average Bonchev–Trinajstić information content (AvgIpc) is 2.44. The van der Waals surface area contributed by atoms with Crippen LogP contribution in [0.5, 0.6) is 0 Å². The van der Waals surface area contributed by atoms with E-state index in [1.54, 1.807) is 6.20 Å². The van der Waals surface area contributed by atoms with Crippen molar-refractivity contribution in [1.82, 2.24) is 10.3 Å². The minimum atomic E-state index is -0.174. The van der Waals surface area contributed by atoms with E-state index in [0.29, 0.717) is 5.92 Å². The Morgan fingerprint density at radius 1 is 1.35 bits per heavy atom. The van der Waals surface area contributed by atoms with Crippen molar-refractivity contribution < 1.29 is 4.39 Å². The van der Waals surface area contributed by atoms with Crippen molar-refractivity contribution in [2.24, 2.45) is 17.8 Å². The third-order valence-corrected chi connectivity index (χ3v) is 4.86. The lowest BCUT2D eigenvalue weighted by Crippen LogP contribution is -2.34. The van der Waals surface area contributed by atoms with E-state index < -0.39 is 0 Å². The summed E-state index contributed by atoms with van der Waals surface area (Å²) in [6, 6.07) is 1.97. The molecule has 0 saturated heterocycles. The highest BCUT2D eigenvalue weighted by Crippen LogP contribution is 2.40. The predicted molar refractivity (Wildman–Crippen MR) is 80.9 cm³/mol. The molecule has 0 bridgehead atoms. The van der Waals surface area contributed by atoms with E-state index in [0.717, 1.165) is 30.4 Å². The second kappa shape index (κ2) is 7.16. The monoisotopic (exact) mass is 278 g/mol. The summed E-state index contributed by atoms with van der Waals surface area (Å²) in [7, 11) is 0. The summed E-state index contributed by atoms with van der Waals surface area (Å²) >= 11 is 0. The fourth-order valence-electron chi connectivity index (χ4n) is 3.36. The number of nitrogens with zero attached hydrogens (tertiary/aromatic N) is 1. The molecule has 20 heavy (non-hydrogen) atoms. The molecule has 3 heteroatoms. The van der Waals surface area contributed by atoms with Gasteiger partial charge in [0.1, 0.15) is 5.82 Å². The Labute approximate surface area is 122 Å². The summed E-state index contributed by atoms with van der Waals surface area (Å²) in [5.74, 6) is 1.88. The number of hydrogen-bond donors (Lipinski definition) is 1. The average molecular weight is 278 g/mol. The Bertz CT molecular complexity index is 421. The molecule has 1 aromatic heterocycles. The molecule has 2 nitrogen and oxygen atoms in total. The van der Waals surface area contributed by atoms with E-state index in [-0.39, 0.29) is 11.9 Å². The fourth-order valence-corrected chi connectivity index (χ4v) is 3.36. The first kappa shape index (κ1) is 15.4. The Morgan fingerprint density at radius 3 is 2.80 bits per heavy atom. The molecule has 0 aliphatic heterocycles. The second-order valence-electron chi connectivity index (χ2n) is 6.36. The van der Waals surface area contributed by atoms with Crippen molar-refractivity contribution in [2.45, 2.75) is 52.5 Å². The summed E-state index contributed by atoms with van der Waals surface area (Å²) < 4.78 is 14.1. The Hall–Kier alpha value is -0.960. The van der Waals surface area contributed by atoms with Crippen molar-refractivity contribution >= 4 is 0 Å². The van der Waals surface area contributed by atoms with Crippen LogP contribution in [0, 0.1) is 23.6 Å². The number of pyridine rings is 1. The molecule has 1 fully saturated rings. The summed E-state index contributed by atoms with van der Waals surface area (Å²) in [5, 5.41) is 3.56. The van der Waals surface area contributed by atoms with Gasteiger partial charge >= 0.3 is 0 Å². The molecular weight excluding hydrogens is 251 g/mol. The minimum Gasteiger partial charge on any atom is -0.310 e. The van der Waals surface area contributed by atoms with E-state index in [1.165, 1.54) is 25.5 Å². The van der Waals surface area contributed by atoms with E-state index in [9.17, 15) is 4.39 Å². The predicted octanol–water partition coefficient (Wildman–Crippen LogP) is 4.33. The van der Waals surface area contributed by atoms with Gasteiger partial charge in [-0.2, -0.15) is 0 Å². The van der Waals surface area contributed by atoms with Gasteiger partial charge in [-0.05, 0) is 49.6 Å². The lowest BCUT2D eigenvalue weighted by atomic mass is 9.72. The number of aromatic nitrogens is 1. The van der Waals surface area contributed by atoms with Crippen LogP contribution in [0.25, 0.3) is 0 Å². The molecule has 0 amide bonds. The van der Waals surface area contributed by atoms with E-state index in [2.05, 4.69) is 31.1 Å². The van der Waals surface area contributed by atoms with Crippen molar-refractivity contribution in [3.8, 4) is 0 Å². The zero-order chi connectivity index (χ0) is 14.5. The highest BCUT2D eigenvalue weighted by Gasteiger charge is 2.31. The maximum Gasteiger partial charge on any atom is 0.146 e. The van der Waals surface area contributed by atoms with E-state index in [1.807, 2.05) is 6.07 Å². The molecule has 112 valence electrons. The highest BCUT2D eigenvalue weighted by atomic mass is 19.1. The Morgan fingerprint density at radius 2 is 2.15 bits per heavy atom. The summed E-state index contributed by atoms with van der Waals surface area (Å²) in [5.41, 5.74) is 0.792. The summed E-state index contributed by atoms with van der Waals surface area (Å²) in [6.07, 6.45) is 7.74. The topological polar surface area (TPSA) is 24.9 Å². The molecule has 1 aliphatic rings. The van der Waals surface area contributed by atoms with Gasteiger partial charge in [-0.25, -0.2) is 4.39 Å². The van der Waals surface area contributed by atoms with Gasteiger partial charge in [0.15, 0.2) is 0 Å². The van der Waals surface area contributed by atoms with Crippen LogP contribution in [0.3, 0.4) is 0 Å². The molecule has 1 saturated carbocycles. The van der Waals surface area contributed by atoms with Gasteiger partial charge in [-0.1, -0.05) is 27.2 Å². The van der Waals surface area contributed by atoms with Crippen LogP contribution < -0.4 is 5.32 Å². The lowest BCUT2D eigenvalue weighted by molar-refractivity contribution is 0.169. The molecule has 4 atom stereocenters. The quantitative estimate of drug-likeness (QED) is 0.867. The van der Waals surface area contributed by atoms with Crippen molar-refractivity contribution in [3.05, 3.63) is 29.8 Å². The summed E-state index contributed by atoms with van der Waals surface area (Å²) in [4.78, 5) is 3.88. The van der Waals surface area contributed by atoms with Gasteiger partial charge in [0.25, 0.3) is 0 Å². The third-order valence-electron chi connectivity index (χ3n) is 4.86. The number of rotatable bonds is 5. The van der Waals surface area contributed by atoms with Gasteiger partial charge in [-0.15, -0.1) is 0 Å². The van der Waals surface area contributed by atoms with Gasteiger partial charge in [0.05, 0.1) is 6.20 Å². The van der Waals surface area contributed by atoms with Crippen molar-refractivity contribution in [1.29, 1.82) is 0 Å². The first-order valence-electron chi connectivity index (χ1n) is 7.96. The van der Waals surface area contributed by atoms with Crippen LogP contribution in [0.2, 0.25) is 0 Å². The smallest absolute Gasteiger partial charge is 0.146 e. The maximum absolute atomic E-state index is 14.1. The zero-order valence-corrected chi connectivity index (χ0v) is 12.9. The van der Waals surface area contributed by atoms with Crippen LogP contribution >= 0.6 is 0 Å². The summed E-state index contributed by atoms with van der Waals surface area (Å²) in [6.45, 7) is 7.75. The SMILES string of the molecule is CCCNC(c1ccncc1F)C1CCC(C)C(C)C1. The Balaban J connectivity index is 2.17. The molecule has 4 unspecified atom stereocenters. The zero-order valence-electron chi connectivity index (χ0n) is 12.9. The first-order valence-corrected chi connectivity index (χ1v) is 7.96. The van der Waals surface area contributed by atoms with Crippen LogP contribution in [-0.2, 0) is 0 Å². The van der Waals surface area contributed by atoms with Gasteiger partial charge in [0.2, 0.25) is 0 Å². The standard InChI is InChI=1S/C17H27FN2/c1-4-8-20-17(15-7-9-19-11-16(15)18)14-6-5-12(2)13(3)10-14/h7,9,11-14,17,20H,4-6,8,10H2,1-3H3. The second-order valence-corrected chi connectivity index (χ2v) is 6.36. The normalized spacial score (nSPS) is 28.3. The molecular formula is C17H27FN2. The van der Waals surface area contributed by atoms with Gasteiger partial charge in [0, 0.05) is 17.8 Å². The van der Waals surface area contributed by atoms with Gasteiger partial charge in [-0.3, -0.25) is 4.98 Å². The van der Waals surface area contributed by atoms with Crippen LogP contribution in [0.4, 0.5) is 4.39 Å². The van der Waals surface area contributed by atoms with Crippen LogP contribution in [-0.4, -0.2) is 11.5 Å². The van der Waals surface area contributed by atoms with Crippen molar-refractivity contribution in [2.75, 3.05) is 6.54 Å². The molecule has 1 heterocycles. The molecule has 0 aromatic carbocycles. The van der Waals surface area contributed by atoms with Crippen LogP contribution in [0.1, 0.15) is 58.1 Å². The third kappa shape index (κ3) is 3.57. The molecule has 0 radical (unpaired) electrons. The minimum absolute atomic E-state index is 0.132. The molecule has 1 aromatic rings. The van der Waals surface area contributed by atoms with E-state index in [4.69, 9.17) is 0 Å². The van der Waals surface area contributed by atoms with Gasteiger partial charge < -0.3 is 5.32 Å². The molecule has 1 N–H and O–H groups in total. The number of hydrogen-bond acceptors (Lipinski definition) is 2. The highest BCUT2D eigenvalue weighted by molar-refractivity contribution is 5.18. The molecule has 0 spiro atoms.